The van der Waals surface area contributed by atoms with E-state index in [1.807, 2.05) is 30.3 Å². The average Bonchev–Trinajstić information content (AvgIpc) is 2.94. The molecule has 1 atom stereocenters. The van der Waals surface area contributed by atoms with E-state index in [0.29, 0.717) is 16.3 Å². The molecule has 0 bridgehead atoms. The number of benzene rings is 3. The summed E-state index contributed by atoms with van der Waals surface area (Å²) >= 11 is 6.27. The maximum absolute atomic E-state index is 13.6. The zero-order valence-electron chi connectivity index (χ0n) is 18.0. The van der Waals surface area contributed by atoms with Gasteiger partial charge in [0.1, 0.15) is 6.54 Å². The molecule has 1 heterocycles. The molecule has 7 nitrogen and oxygen atoms in total. The Balaban J connectivity index is 1.80. The van der Waals surface area contributed by atoms with Crippen molar-refractivity contribution >= 4 is 39.1 Å². The smallest absolute Gasteiger partial charge is 0.255 e. The van der Waals surface area contributed by atoms with Gasteiger partial charge in [0, 0.05) is 35.9 Å². The number of carbonyl (C=O) groups excluding carboxylic acids is 2. The summed E-state index contributed by atoms with van der Waals surface area (Å²) in [4.78, 5) is 27.9. The molecule has 3 aromatic carbocycles. The molecule has 1 N–H and O–H groups in total. The molecular formula is C24H22ClN3O4S. The third kappa shape index (κ3) is 4.50. The Kier molecular flexibility index (Phi) is 6.25. The van der Waals surface area contributed by atoms with Gasteiger partial charge in [0.15, 0.2) is 0 Å². The lowest BCUT2D eigenvalue weighted by molar-refractivity contribution is -0.117. The zero-order chi connectivity index (χ0) is 23.8. The molecule has 0 unspecified atom stereocenters. The van der Waals surface area contributed by atoms with Crippen molar-refractivity contribution in [2.75, 3.05) is 26.0 Å². The summed E-state index contributed by atoms with van der Waals surface area (Å²) in [7, 11) is -0.744. The van der Waals surface area contributed by atoms with Gasteiger partial charge >= 0.3 is 0 Å². The van der Waals surface area contributed by atoms with E-state index >= 15 is 0 Å². The summed E-state index contributed by atoms with van der Waals surface area (Å²) < 4.78 is 25.9. The largest absolute Gasteiger partial charge is 0.324 e. The summed E-state index contributed by atoms with van der Waals surface area (Å²) in [6.45, 7) is -0.178. The van der Waals surface area contributed by atoms with Crippen LogP contribution in [-0.2, 0) is 14.8 Å². The lowest BCUT2D eigenvalue weighted by atomic mass is 9.95. The van der Waals surface area contributed by atoms with Crippen molar-refractivity contribution in [3.05, 3.63) is 94.5 Å². The molecule has 170 valence electrons. The lowest BCUT2D eigenvalue weighted by Crippen LogP contribution is -2.39. The van der Waals surface area contributed by atoms with Crippen LogP contribution in [-0.4, -0.2) is 50.1 Å². The molecule has 2 amide bonds. The molecule has 33 heavy (non-hydrogen) atoms. The normalized spacial score (nSPS) is 16.2. The van der Waals surface area contributed by atoms with Gasteiger partial charge in [-0.1, -0.05) is 41.9 Å². The lowest BCUT2D eigenvalue weighted by Gasteiger charge is -2.30. The Morgan fingerprint density at radius 1 is 1.03 bits per heavy atom. The highest BCUT2D eigenvalue weighted by molar-refractivity contribution is 7.89. The summed E-state index contributed by atoms with van der Waals surface area (Å²) in [6.07, 6.45) is 0. The molecule has 0 radical (unpaired) electrons. The molecule has 0 saturated heterocycles. The van der Waals surface area contributed by atoms with Crippen molar-refractivity contribution in [2.24, 2.45) is 0 Å². The van der Waals surface area contributed by atoms with Crippen LogP contribution >= 0.6 is 11.6 Å². The molecule has 9 heteroatoms. The molecule has 0 aliphatic carbocycles. The van der Waals surface area contributed by atoms with Crippen LogP contribution in [0, 0.1) is 0 Å². The van der Waals surface area contributed by atoms with Crippen molar-refractivity contribution < 1.29 is 18.0 Å². The summed E-state index contributed by atoms with van der Waals surface area (Å²) in [6, 6.07) is 19.7. The highest BCUT2D eigenvalue weighted by Crippen LogP contribution is 2.38. The van der Waals surface area contributed by atoms with Gasteiger partial charge in [-0.25, -0.2) is 12.7 Å². The van der Waals surface area contributed by atoms with Gasteiger partial charge in [-0.15, -0.1) is 0 Å². The molecule has 1 aliphatic heterocycles. The number of nitrogens with one attached hydrogen (secondary N) is 1. The quantitative estimate of drug-likeness (QED) is 0.612. The van der Waals surface area contributed by atoms with E-state index < -0.39 is 22.0 Å². The van der Waals surface area contributed by atoms with Crippen LogP contribution in [0.1, 0.15) is 27.5 Å². The number of hydrogen-bond acceptors (Lipinski definition) is 4. The second-order valence-corrected chi connectivity index (χ2v) is 10.4. The van der Waals surface area contributed by atoms with Crippen LogP contribution in [0.25, 0.3) is 0 Å². The van der Waals surface area contributed by atoms with Crippen molar-refractivity contribution in [1.82, 2.24) is 9.21 Å². The van der Waals surface area contributed by atoms with Crippen molar-refractivity contribution in [3.8, 4) is 0 Å². The SMILES string of the molecule is CN(C)S(=O)(=O)c1ccc(C(=O)N2CC(=O)Nc3ccc(Cl)cc3[C@@H]2c2ccccc2)cc1. The Morgan fingerprint density at radius 2 is 1.70 bits per heavy atom. The van der Waals surface area contributed by atoms with Crippen LogP contribution in [0.4, 0.5) is 5.69 Å². The van der Waals surface area contributed by atoms with Crippen molar-refractivity contribution in [3.63, 3.8) is 0 Å². The van der Waals surface area contributed by atoms with E-state index in [1.165, 1.54) is 43.3 Å². The number of carbonyl (C=O) groups is 2. The van der Waals surface area contributed by atoms with Crippen LogP contribution in [0.5, 0.6) is 0 Å². The Labute approximate surface area is 197 Å². The van der Waals surface area contributed by atoms with Crippen LogP contribution in [0.2, 0.25) is 5.02 Å². The summed E-state index contributed by atoms with van der Waals surface area (Å²) in [5.41, 5.74) is 2.37. The van der Waals surface area contributed by atoms with Gasteiger partial charge in [-0.2, -0.15) is 0 Å². The van der Waals surface area contributed by atoms with Crippen molar-refractivity contribution in [1.29, 1.82) is 0 Å². The Hall–Kier alpha value is -3.20. The van der Waals surface area contributed by atoms with Gasteiger partial charge < -0.3 is 10.2 Å². The van der Waals surface area contributed by atoms with Gasteiger partial charge in [-0.05, 0) is 48.0 Å². The van der Waals surface area contributed by atoms with Gasteiger partial charge in [0.25, 0.3) is 5.91 Å². The maximum Gasteiger partial charge on any atom is 0.255 e. The number of hydrogen-bond donors (Lipinski definition) is 1. The molecular weight excluding hydrogens is 462 g/mol. The predicted molar refractivity (Wildman–Crippen MR) is 127 cm³/mol. The fourth-order valence-corrected chi connectivity index (χ4v) is 4.89. The predicted octanol–water partition coefficient (Wildman–Crippen LogP) is 3.77. The van der Waals surface area contributed by atoms with E-state index in [-0.39, 0.29) is 22.9 Å². The fourth-order valence-electron chi connectivity index (χ4n) is 3.81. The third-order valence-corrected chi connectivity index (χ3v) is 7.53. The zero-order valence-corrected chi connectivity index (χ0v) is 19.6. The number of sulfonamides is 1. The highest BCUT2D eigenvalue weighted by Gasteiger charge is 2.34. The Morgan fingerprint density at radius 3 is 2.33 bits per heavy atom. The minimum atomic E-state index is -3.63. The van der Waals surface area contributed by atoms with E-state index in [2.05, 4.69) is 5.32 Å². The average molecular weight is 484 g/mol. The topological polar surface area (TPSA) is 86.8 Å². The molecule has 1 aliphatic rings. The first-order valence-electron chi connectivity index (χ1n) is 10.2. The highest BCUT2D eigenvalue weighted by atomic mass is 35.5. The number of halogens is 1. The van der Waals surface area contributed by atoms with Gasteiger partial charge in [0.05, 0.1) is 10.9 Å². The molecule has 0 aromatic heterocycles. The van der Waals surface area contributed by atoms with E-state index in [1.54, 1.807) is 18.2 Å². The van der Waals surface area contributed by atoms with Gasteiger partial charge in [-0.3, -0.25) is 9.59 Å². The first-order valence-corrected chi connectivity index (χ1v) is 12.0. The number of amides is 2. The molecule has 4 rings (SSSR count). The molecule has 0 saturated carbocycles. The number of nitrogens with zero attached hydrogens (tertiary/aromatic N) is 2. The molecule has 3 aromatic rings. The first-order chi connectivity index (χ1) is 15.7. The maximum atomic E-state index is 13.6. The van der Waals surface area contributed by atoms with Crippen LogP contribution in [0.15, 0.2) is 77.7 Å². The number of anilines is 1. The summed E-state index contributed by atoms with van der Waals surface area (Å²) in [5.74, 6) is -0.738. The van der Waals surface area contributed by atoms with Gasteiger partial charge in [0.2, 0.25) is 15.9 Å². The van der Waals surface area contributed by atoms with Crippen LogP contribution in [0.3, 0.4) is 0 Å². The minimum absolute atomic E-state index is 0.0781. The first kappa shape index (κ1) is 23.0. The Bertz CT molecular complexity index is 1310. The van der Waals surface area contributed by atoms with E-state index in [4.69, 9.17) is 11.6 Å². The van der Waals surface area contributed by atoms with Crippen LogP contribution < -0.4 is 5.32 Å². The second-order valence-electron chi connectivity index (χ2n) is 7.84. The van der Waals surface area contributed by atoms with Crippen molar-refractivity contribution in [2.45, 2.75) is 10.9 Å². The number of rotatable bonds is 4. The summed E-state index contributed by atoms with van der Waals surface area (Å²) in [5, 5.41) is 3.33. The standard InChI is InChI=1S/C24H22ClN3O4S/c1-27(2)33(31,32)19-11-8-17(9-12-19)24(30)28-15-22(29)26-21-13-10-18(25)14-20(21)23(28)16-6-4-3-5-7-16/h3-14,23H,15H2,1-2H3,(H,26,29)/t23-/m0/s1. The third-order valence-electron chi connectivity index (χ3n) is 5.46. The van der Waals surface area contributed by atoms with E-state index in [9.17, 15) is 18.0 Å². The molecule has 0 fully saturated rings. The number of fused-ring (bicyclic) bond motifs is 1. The fraction of sp³-hybridized carbons (Fsp3) is 0.167. The molecule has 0 spiro atoms. The minimum Gasteiger partial charge on any atom is -0.324 e. The monoisotopic (exact) mass is 483 g/mol. The van der Waals surface area contributed by atoms with E-state index in [0.717, 1.165) is 9.87 Å². The second kappa shape index (κ2) is 8.97.